The predicted octanol–water partition coefficient (Wildman–Crippen LogP) is 2.61. The molecule has 0 heterocycles. The number of carbonyl (C=O) groups is 1. The molecule has 1 saturated carbocycles. The van der Waals surface area contributed by atoms with Gasteiger partial charge in [-0.25, -0.2) is 0 Å². The summed E-state index contributed by atoms with van der Waals surface area (Å²) in [5, 5.41) is 3.04. The van der Waals surface area contributed by atoms with Crippen molar-refractivity contribution in [1.29, 1.82) is 0 Å². The fraction of sp³-hybridized carbons (Fsp3) is 0.611. The van der Waals surface area contributed by atoms with Crippen LogP contribution in [0, 0.1) is 5.92 Å². The summed E-state index contributed by atoms with van der Waals surface area (Å²) >= 11 is 0. The number of ether oxygens (including phenoxy) is 1. The van der Waals surface area contributed by atoms with Crippen LogP contribution in [0.4, 0.5) is 0 Å². The Morgan fingerprint density at radius 3 is 2.45 bits per heavy atom. The van der Waals surface area contributed by atoms with Gasteiger partial charge in [0.05, 0.1) is 5.54 Å². The van der Waals surface area contributed by atoms with E-state index in [2.05, 4.69) is 26.1 Å². The lowest BCUT2D eigenvalue weighted by Gasteiger charge is -2.29. The molecule has 0 saturated heterocycles. The Bertz CT molecular complexity index is 532. The van der Waals surface area contributed by atoms with E-state index in [0.29, 0.717) is 12.5 Å². The summed E-state index contributed by atoms with van der Waals surface area (Å²) in [7, 11) is 0. The van der Waals surface area contributed by atoms with Crippen molar-refractivity contribution in [2.24, 2.45) is 11.7 Å². The van der Waals surface area contributed by atoms with Gasteiger partial charge in [0, 0.05) is 6.54 Å². The molecule has 0 radical (unpaired) electrons. The molecule has 22 heavy (non-hydrogen) atoms. The number of nitrogens with one attached hydrogen (secondary N) is 1. The van der Waals surface area contributed by atoms with Gasteiger partial charge in [0.15, 0.2) is 6.61 Å². The number of nitrogens with two attached hydrogens (primary N) is 1. The van der Waals surface area contributed by atoms with E-state index >= 15 is 0 Å². The van der Waals surface area contributed by atoms with Crippen LogP contribution in [0.1, 0.15) is 46.1 Å². The Balaban J connectivity index is 1.97. The van der Waals surface area contributed by atoms with Crippen molar-refractivity contribution in [3.05, 3.63) is 29.8 Å². The van der Waals surface area contributed by atoms with E-state index in [0.717, 1.165) is 24.2 Å². The Labute approximate surface area is 133 Å². The average Bonchev–Trinajstić information content (AvgIpc) is 3.29. The van der Waals surface area contributed by atoms with Crippen molar-refractivity contribution in [3.63, 3.8) is 0 Å². The summed E-state index contributed by atoms with van der Waals surface area (Å²) in [4.78, 5) is 12.2. The average molecular weight is 304 g/mol. The van der Waals surface area contributed by atoms with Crippen LogP contribution in [0.5, 0.6) is 5.75 Å². The van der Waals surface area contributed by atoms with Gasteiger partial charge in [-0.1, -0.05) is 39.0 Å². The number of benzene rings is 1. The monoisotopic (exact) mass is 304 g/mol. The largest absolute Gasteiger partial charge is 0.483 e. The molecule has 0 bridgehead atoms. The normalized spacial score (nSPS) is 17.7. The number of hydrogen-bond donors (Lipinski definition) is 2. The summed E-state index contributed by atoms with van der Waals surface area (Å²) in [6.07, 6.45) is 2.28. The van der Waals surface area contributed by atoms with Gasteiger partial charge >= 0.3 is 0 Å². The van der Waals surface area contributed by atoms with E-state index in [9.17, 15) is 4.79 Å². The first-order valence-electron chi connectivity index (χ1n) is 7.99. The molecule has 1 aromatic rings. The Morgan fingerprint density at radius 2 is 1.91 bits per heavy atom. The molecular formula is C18H28N2O2. The van der Waals surface area contributed by atoms with Crippen LogP contribution in [-0.4, -0.2) is 24.6 Å². The predicted molar refractivity (Wildman–Crippen MR) is 89.0 cm³/mol. The third-order valence-electron chi connectivity index (χ3n) is 4.38. The number of para-hydroxylation sites is 1. The third-order valence-corrected chi connectivity index (χ3v) is 4.38. The zero-order valence-electron chi connectivity index (χ0n) is 14.1. The van der Waals surface area contributed by atoms with E-state index in [-0.39, 0.29) is 23.5 Å². The lowest BCUT2D eigenvalue weighted by atomic mass is 9.86. The van der Waals surface area contributed by atoms with Gasteiger partial charge in [-0.3, -0.25) is 4.79 Å². The molecule has 1 amide bonds. The van der Waals surface area contributed by atoms with E-state index < -0.39 is 0 Å². The number of carbonyl (C=O) groups excluding carboxylic acids is 1. The summed E-state index contributed by atoms with van der Waals surface area (Å²) in [6.45, 7) is 8.90. The molecule has 1 atom stereocenters. The number of hydrogen-bond acceptors (Lipinski definition) is 3. The number of amides is 1. The highest BCUT2D eigenvalue weighted by atomic mass is 16.5. The molecule has 1 fully saturated rings. The van der Waals surface area contributed by atoms with Gasteiger partial charge in [-0.15, -0.1) is 0 Å². The maximum absolute atomic E-state index is 12.2. The summed E-state index contributed by atoms with van der Waals surface area (Å²) in [5.74, 6) is 1.16. The highest BCUT2D eigenvalue weighted by molar-refractivity contribution is 5.78. The fourth-order valence-corrected chi connectivity index (χ4v) is 2.75. The first-order valence-corrected chi connectivity index (χ1v) is 7.99. The number of rotatable bonds is 6. The first-order chi connectivity index (χ1) is 10.3. The molecule has 1 unspecified atom stereocenters. The SMILES string of the molecule is CC(C)(C)c1ccccc1OCC(=O)NC(C)(CN)C1CC1. The minimum absolute atomic E-state index is 0.0210. The van der Waals surface area contributed by atoms with Crippen molar-refractivity contribution in [3.8, 4) is 5.75 Å². The Morgan fingerprint density at radius 1 is 1.27 bits per heavy atom. The molecule has 4 nitrogen and oxygen atoms in total. The lowest BCUT2D eigenvalue weighted by molar-refractivity contribution is -0.125. The highest BCUT2D eigenvalue weighted by Gasteiger charge is 2.41. The van der Waals surface area contributed by atoms with E-state index in [1.54, 1.807) is 0 Å². The molecule has 122 valence electrons. The molecule has 1 aliphatic rings. The van der Waals surface area contributed by atoms with Crippen LogP contribution in [0.3, 0.4) is 0 Å². The molecule has 1 aliphatic carbocycles. The van der Waals surface area contributed by atoms with E-state index in [1.807, 2.05) is 31.2 Å². The third kappa shape index (κ3) is 4.01. The first kappa shape index (κ1) is 16.8. The topological polar surface area (TPSA) is 64.3 Å². The molecule has 1 aromatic carbocycles. The van der Waals surface area contributed by atoms with Crippen LogP contribution in [-0.2, 0) is 10.2 Å². The van der Waals surface area contributed by atoms with Crippen molar-refractivity contribution < 1.29 is 9.53 Å². The summed E-state index contributed by atoms with van der Waals surface area (Å²) in [5.41, 5.74) is 6.61. The van der Waals surface area contributed by atoms with Gasteiger partial charge in [-0.2, -0.15) is 0 Å². The summed E-state index contributed by atoms with van der Waals surface area (Å²) < 4.78 is 5.76. The molecule has 0 aromatic heterocycles. The molecule has 2 rings (SSSR count). The van der Waals surface area contributed by atoms with E-state index in [4.69, 9.17) is 10.5 Å². The van der Waals surface area contributed by atoms with Crippen LogP contribution in [0.25, 0.3) is 0 Å². The van der Waals surface area contributed by atoms with Crippen molar-refractivity contribution in [2.75, 3.05) is 13.2 Å². The van der Waals surface area contributed by atoms with Crippen LogP contribution >= 0.6 is 0 Å². The minimum atomic E-state index is -0.302. The van der Waals surface area contributed by atoms with E-state index in [1.165, 1.54) is 0 Å². The standard InChI is InChI=1S/C18H28N2O2/c1-17(2,3)14-7-5-6-8-15(14)22-11-16(21)20-18(4,12-19)13-9-10-13/h5-8,13H,9-12,19H2,1-4H3,(H,20,21). The quantitative estimate of drug-likeness (QED) is 0.849. The maximum atomic E-state index is 12.2. The zero-order chi connectivity index (χ0) is 16.4. The molecule has 3 N–H and O–H groups in total. The molecule has 0 aliphatic heterocycles. The second-order valence-corrected chi connectivity index (χ2v) is 7.48. The van der Waals surface area contributed by atoms with Gasteiger partial charge in [0.1, 0.15) is 5.75 Å². The maximum Gasteiger partial charge on any atom is 0.258 e. The second kappa shape index (κ2) is 6.29. The zero-order valence-corrected chi connectivity index (χ0v) is 14.1. The Hall–Kier alpha value is -1.55. The lowest BCUT2D eigenvalue weighted by Crippen LogP contribution is -2.54. The Kier molecular flexibility index (Phi) is 4.81. The van der Waals surface area contributed by atoms with Crippen LogP contribution < -0.4 is 15.8 Å². The summed E-state index contributed by atoms with van der Waals surface area (Å²) in [6, 6.07) is 7.88. The van der Waals surface area contributed by atoms with Crippen molar-refractivity contribution in [2.45, 2.75) is 51.5 Å². The highest BCUT2D eigenvalue weighted by Crippen LogP contribution is 2.39. The fourth-order valence-electron chi connectivity index (χ4n) is 2.75. The smallest absolute Gasteiger partial charge is 0.258 e. The second-order valence-electron chi connectivity index (χ2n) is 7.48. The van der Waals surface area contributed by atoms with Gasteiger partial charge in [-0.05, 0) is 42.7 Å². The molecular weight excluding hydrogens is 276 g/mol. The minimum Gasteiger partial charge on any atom is -0.483 e. The van der Waals surface area contributed by atoms with Gasteiger partial charge in [0.2, 0.25) is 0 Å². The van der Waals surface area contributed by atoms with Crippen LogP contribution in [0.15, 0.2) is 24.3 Å². The van der Waals surface area contributed by atoms with Crippen molar-refractivity contribution >= 4 is 5.91 Å². The molecule has 0 spiro atoms. The molecule has 4 heteroatoms. The van der Waals surface area contributed by atoms with Gasteiger partial charge in [0.25, 0.3) is 5.91 Å². The van der Waals surface area contributed by atoms with Crippen LogP contribution in [0.2, 0.25) is 0 Å². The van der Waals surface area contributed by atoms with Crippen molar-refractivity contribution in [1.82, 2.24) is 5.32 Å². The van der Waals surface area contributed by atoms with Gasteiger partial charge < -0.3 is 15.8 Å².